The van der Waals surface area contributed by atoms with Crippen molar-refractivity contribution in [1.82, 2.24) is 0 Å². The van der Waals surface area contributed by atoms with Crippen LogP contribution in [0.5, 0.6) is 0 Å². The van der Waals surface area contributed by atoms with Crippen molar-refractivity contribution in [3.8, 4) is 6.07 Å². The summed E-state index contributed by atoms with van der Waals surface area (Å²) in [4.78, 5) is 0. The first-order valence-corrected chi connectivity index (χ1v) is 6.92. The van der Waals surface area contributed by atoms with Gasteiger partial charge in [-0.15, -0.1) is 0 Å². The van der Waals surface area contributed by atoms with Gasteiger partial charge >= 0.3 is 0 Å². The topological polar surface area (TPSA) is 35.8 Å². The SMILES string of the molecule is CSCCC(C#N)Nc1cc(Cl)cc(Cl)c1. The van der Waals surface area contributed by atoms with Crippen LogP contribution in [0.1, 0.15) is 6.42 Å². The molecule has 0 spiro atoms. The Morgan fingerprint density at radius 2 is 2.00 bits per heavy atom. The Morgan fingerprint density at radius 3 is 2.50 bits per heavy atom. The standard InChI is InChI=1S/C11H12Cl2N2S/c1-16-3-2-10(7-14)15-11-5-8(12)4-9(13)6-11/h4-6,10,15H,2-3H2,1H3. The van der Waals surface area contributed by atoms with E-state index in [9.17, 15) is 0 Å². The first kappa shape index (κ1) is 13.5. The molecule has 0 saturated heterocycles. The second-order valence-electron chi connectivity index (χ2n) is 3.27. The van der Waals surface area contributed by atoms with Crippen molar-refractivity contribution in [2.75, 3.05) is 17.3 Å². The smallest absolute Gasteiger partial charge is 0.115 e. The van der Waals surface area contributed by atoms with Crippen LogP contribution in [0, 0.1) is 11.3 Å². The van der Waals surface area contributed by atoms with E-state index in [1.165, 1.54) is 0 Å². The number of thioether (sulfide) groups is 1. The number of benzene rings is 1. The highest BCUT2D eigenvalue weighted by Crippen LogP contribution is 2.23. The quantitative estimate of drug-likeness (QED) is 0.880. The van der Waals surface area contributed by atoms with Gasteiger partial charge in [0.05, 0.1) is 6.07 Å². The number of rotatable bonds is 5. The molecule has 5 heteroatoms. The van der Waals surface area contributed by atoms with Crippen molar-refractivity contribution in [3.63, 3.8) is 0 Å². The van der Waals surface area contributed by atoms with Gasteiger partial charge in [-0.1, -0.05) is 23.2 Å². The zero-order chi connectivity index (χ0) is 12.0. The Bertz CT molecular complexity index is 370. The van der Waals surface area contributed by atoms with Gasteiger partial charge < -0.3 is 5.32 Å². The largest absolute Gasteiger partial charge is 0.370 e. The molecule has 0 aliphatic rings. The molecular weight excluding hydrogens is 263 g/mol. The van der Waals surface area contributed by atoms with E-state index in [2.05, 4.69) is 11.4 Å². The summed E-state index contributed by atoms with van der Waals surface area (Å²) in [6.07, 6.45) is 2.81. The van der Waals surface area contributed by atoms with Gasteiger partial charge in [0.1, 0.15) is 6.04 Å². The zero-order valence-electron chi connectivity index (χ0n) is 8.84. The van der Waals surface area contributed by atoms with Gasteiger partial charge in [-0.2, -0.15) is 17.0 Å². The van der Waals surface area contributed by atoms with Gasteiger partial charge in [-0.05, 0) is 36.6 Å². The maximum atomic E-state index is 8.96. The van der Waals surface area contributed by atoms with Crippen LogP contribution >= 0.6 is 35.0 Å². The molecule has 1 atom stereocenters. The Morgan fingerprint density at radius 1 is 1.38 bits per heavy atom. The number of hydrogen-bond donors (Lipinski definition) is 1. The fraction of sp³-hybridized carbons (Fsp3) is 0.364. The Balaban J connectivity index is 2.67. The Kier molecular flexibility index (Phi) is 5.83. The maximum Gasteiger partial charge on any atom is 0.115 e. The van der Waals surface area contributed by atoms with Crippen molar-refractivity contribution in [3.05, 3.63) is 28.2 Å². The third-order valence-electron chi connectivity index (χ3n) is 1.97. The predicted molar refractivity (Wildman–Crippen MR) is 72.5 cm³/mol. The molecule has 0 aromatic heterocycles. The highest BCUT2D eigenvalue weighted by atomic mass is 35.5. The van der Waals surface area contributed by atoms with E-state index in [0.29, 0.717) is 10.0 Å². The Hall–Kier alpha value is -0.560. The van der Waals surface area contributed by atoms with Gasteiger partial charge in [-0.3, -0.25) is 0 Å². The van der Waals surface area contributed by atoms with Crippen LogP contribution < -0.4 is 5.32 Å². The molecule has 1 N–H and O–H groups in total. The fourth-order valence-corrected chi connectivity index (χ4v) is 2.24. The van der Waals surface area contributed by atoms with Crippen molar-refractivity contribution in [2.24, 2.45) is 0 Å². The van der Waals surface area contributed by atoms with Crippen molar-refractivity contribution < 1.29 is 0 Å². The van der Waals surface area contributed by atoms with E-state index < -0.39 is 0 Å². The minimum absolute atomic E-state index is 0.206. The molecule has 1 aromatic rings. The molecule has 0 radical (unpaired) electrons. The molecule has 2 nitrogen and oxygen atoms in total. The minimum Gasteiger partial charge on any atom is -0.370 e. The molecule has 0 amide bonds. The average Bonchev–Trinajstić information content (AvgIpc) is 2.22. The van der Waals surface area contributed by atoms with Gasteiger partial charge in [0.15, 0.2) is 0 Å². The number of nitrogens with one attached hydrogen (secondary N) is 1. The van der Waals surface area contributed by atoms with E-state index in [0.717, 1.165) is 17.9 Å². The number of halogens is 2. The molecular formula is C11H12Cl2N2S. The fourth-order valence-electron chi connectivity index (χ4n) is 1.24. The second-order valence-corrected chi connectivity index (χ2v) is 5.12. The summed E-state index contributed by atoms with van der Waals surface area (Å²) in [5.41, 5.74) is 0.783. The van der Waals surface area contributed by atoms with Crippen LogP contribution in [0.25, 0.3) is 0 Å². The minimum atomic E-state index is -0.206. The van der Waals surface area contributed by atoms with Gasteiger partial charge in [0.2, 0.25) is 0 Å². The molecule has 1 unspecified atom stereocenters. The molecule has 1 rings (SSSR count). The number of nitrogens with zero attached hydrogens (tertiary/aromatic N) is 1. The number of anilines is 1. The molecule has 1 aromatic carbocycles. The van der Waals surface area contributed by atoms with E-state index in [4.69, 9.17) is 28.5 Å². The summed E-state index contributed by atoms with van der Waals surface area (Å²) < 4.78 is 0. The molecule has 86 valence electrons. The van der Waals surface area contributed by atoms with E-state index in [1.807, 2.05) is 6.26 Å². The van der Waals surface area contributed by atoms with Crippen molar-refractivity contribution >= 4 is 40.7 Å². The first-order valence-electron chi connectivity index (χ1n) is 4.77. The Labute approximate surface area is 110 Å². The predicted octanol–water partition coefficient (Wildman–Crippen LogP) is 4.05. The van der Waals surface area contributed by atoms with Gasteiger partial charge in [-0.25, -0.2) is 0 Å². The van der Waals surface area contributed by atoms with Crippen LogP contribution in [0.2, 0.25) is 10.0 Å². The summed E-state index contributed by atoms with van der Waals surface area (Å²) in [6, 6.07) is 7.19. The van der Waals surface area contributed by atoms with Gasteiger partial charge in [0, 0.05) is 15.7 Å². The summed E-state index contributed by atoms with van der Waals surface area (Å²) in [6.45, 7) is 0. The van der Waals surface area contributed by atoms with Crippen LogP contribution in [-0.2, 0) is 0 Å². The van der Waals surface area contributed by atoms with Crippen LogP contribution in [0.3, 0.4) is 0 Å². The van der Waals surface area contributed by atoms with Crippen molar-refractivity contribution in [2.45, 2.75) is 12.5 Å². The molecule has 0 aliphatic carbocycles. The lowest BCUT2D eigenvalue weighted by atomic mass is 10.2. The monoisotopic (exact) mass is 274 g/mol. The second kappa shape index (κ2) is 6.90. The molecule has 0 bridgehead atoms. The zero-order valence-corrected chi connectivity index (χ0v) is 11.2. The third-order valence-corrected chi connectivity index (χ3v) is 3.05. The molecule has 0 aliphatic heterocycles. The number of hydrogen-bond acceptors (Lipinski definition) is 3. The molecule has 0 saturated carbocycles. The van der Waals surface area contributed by atoms with Crippen LogP contribution in [0.15, 0.2) is 18.2 Å². The summed E-state index contributed by atoms with van der Waals surface area (Å²) in [5, 5.41) is 13.2. The maximum absolute atomic E-state index is 8.96. The van der Waals surface area contributed by atoms with E-state index >= 15 is 0 Å². The van der Waals surface area contributed by atoms with Crippen LogP contribution in [0.4, 0.5) is 5.69 Å². The van der Waals surface area contributed by atoms with Crippen molar-refractivity contribution in [1.29, 1.82) is 5.26 Å². The normalized spacial score (nSPS) is 11.9. The average molecular weight is 275 g/mol. The highest BCUT2D eigenvalue weighted by molar-refractivity contribution is 7.98. The van der Waals surface area contributed by atoms with E-state index in [-0.39, 0.29) is 6.04 Å². The molecule has 16 heavy (non-hydrogen) atoms. The van der Waals surface area contributed by atoms with Crippen LogP contribution in [-0.4, -0.2) is 18.1 Å². The summed E-state index contributed by atoms with van der Waals surface area (Å²) in [5.74, 6) is 0.944. The lowest BCUT2D eigenvalue weighted by Crippen LogP contribution is -2.17. The molecule has 0 heterocycles. The van der Waals surface area contributed by atoms with Gasteiger partial charge in [0.25, 0.3) is 0 Å². The highest BCUT2D eigenvalue weighted by Gasteiger charge is 2.07. The molecule has 0 fully saturated rings. The first-order chi connectivity index (χ1) is 7.65. The number of nitriles is 1. The lowest BCUT2D eigenvalue weighted by molar-refractivity contribution is 0.855. The third kappa shape index (κ3) is 4.52. The van der Waals surface area contributed by atoms with E-state index in [1.54, 1.807) is 30.0 Å². The summed E-state index contributed by atoms with van der Waals surface area (Å²) >= 11 is 13.5. The summed E-state index contributed by atoms with van der Waals surface area (Å²) in [7, 11) is 0. The lowest BCUT2D eigenvalue weighted by Gasteiger charge is -2.12.